The van der Waals surface area contributed by atoms with E-state index in [0.29, 0.717) is 17.8 Å². The van der Waals surface area contributed by atoms with E-state index in [4.69, 9.17) is 9.47 Å². The first-order valence-corrected chi connectivity index (χ1v) is 9.44. The average Bonchev–Trinajstić information content (AvgIpc) is 3.54. The Balaban J connectivity index is 1.51. The van der Waals surface area contributed by atoms with E-state index in [1.54, 1.807) is 7.11 Å². The van der Waals surface area contributed by atoms with Gasteiger partial charge in [-0.25, -0.2) is 9.78 Å². The maximum atomic E-state index is 12.5. The average molecular weight is 367 g/mol. The number of ether oxygens (including phenoxy) is 2. The van der Waals surface area contributed by atoms with Crippen molar-refractivity contribution in [2.24, 2.45) is 11.8 Å². The number of aromatic nitrogens is 1. The number of nitrogens with one attached hydrogen (secondary N) is 2. The molecule has 0 spiro atoms. The largest absolute Gasteiger partial charge is 0.481 e. The van der Waals surface area contributed by atoms with E-state index in [0.717, 1.165) is 16.9 Å². The normalized spacial score (nSPS) is 23.7. The second kappa shape index (κ2) is 7.47. The van der Waals surface area contributed by atoms with Crippen molar-refractivity contribution in [2.45, 2.75) is 38.5 Å². The molecule has 1 saturated carbocycles. The van der Waals surface area contributed by atoms with E-state index in [1.165, 1.54) is 12.8 Å². The highest BCUT2D eigenvalue weighted by Crippen LogP contribution is 2.45. The van der Waals surface area contributed by atoms with Gasteiger partial charge in [0, 0.05) is 18.0 Å². The van der Waals surface area contributed by atoms with Crippen LogP contribution in [-0.2, 0) is 11.3 Å². The number of carbonyl (C=O) groups excluding carboxylic acids is 1. The van der Waals surface area contributed by atoms with Gasteiger partial charge in [-0.05, 0) is 30.4 Å². The van der Waals surface area contributed by atoms with Crippen LogP contribution in [0.4, 0.5) is 10.5 Å². The monoisotopic (exact) mass is 367 g/mol. The van der Waals surface area contributed by atoms with E-state index in [1.807, 2.05) is 42.5 Å². The first kappa shape index (κ1) is 17.6. The van der Waals surface area contributed by atoms with Crippen molar-refractivity contribution in [2.75, 3.05) is 12.4 Å². The van der Waals surface area contributed by atoms with Gasteiger partial charge in [-0.1, -0.05) is 37.3 Å². The summed E-state index contributed by atoms with van der Waals surface area (Å²) in [4.78, 5) is 17.1. The summed E-state index contributed by atoms with van der Waals surface area (Å²) in [7, 11) is 1.60. The molecule has 2 heterocycles. The van der Waals surface area contributed by atoms with Crippen LogP contribution < -0.4 is 15.4 Å². The highest BCUT2D eigenvalue weighted by molar-refractivity contribution is 5.69. The summed E-state index contributed by atoms with van der Waals surface area (Å²) in [5.41, 5.74) is 2.72. The fraction of sp³-hybridized carbons (Fsp3) is 0.429. The summed E-state index contributed by atoms with van der Waals surface area (Å²) < 4.78 is 10.7. The maximum absolute atomic E-state index is 12.5. The number of methoxy groups -OCH3 is 1. The van der Waals surface area contributed by atoms with Gasteiger partial charge < -0.3 is 20.1 Å². The third-order valence-corrected chi connectivity index (χ3v) is 5.43. The van der Waals surface area contributed by atoms with E-state index < -0.39 is 6.09 Å². The van der Waals surface area contributed by atoms with Crippen molar-refractivity contribution in [1.29, 1.82) is 0 Å². The van der Waals surface area contributed by atoms with E-state index >= 15 is 0 Å². The lowest BCUT2D eigenvalue weighted by atomic mass is 9.84. The molecule has 6 heteroatoms. The number of hydrogen-bond acceptors (Lipinski definition) is 5. The Hall–Kier alpha value is -2.76. The van der Waals surface area contributed by atoms with Crippen molar-refractivity contribution in [3.05, 3.63) is 53.7 Å². The predicted octanol–water partition coefficient (Wildman–Crippen LogP) is 3.90. The molecular weight excluding hydrogens is 342 g/mol. The molecule has 0 radical (unpaired) electrons. The Kier molecular flexibility index (Phi) is 4.88. The third-order valence-electron chi connectivity index (χ3n) is 5.43. The predicted molar refractivity (Wildman–Crippen MR) is 103 cm³/mol. The van der Waals surface area contributed by atoms with Gasteiger partial charge in [0.05, 0.1) is 24.5 Å². The first-order valence-electron chi connectivity index (χ1n) is 9.44. The summed E-state index contributed by atoms with van der Waals surface area (Å²) in [6, 6.07) is 13.6. The lowest BCUT2D eigenvalue weighted by Gasteiger charge is -2.38. The molecule has 1 fully saturated rings. The van der Waals surface area contributed by atoms with E-state index in [-0.39, 0.29) is 18.6 Å². The van der Waals surface area contributed by atoms with Crippen molar-refractivity contribution in [3.8, 4) is 5.88 Å². The molecule has 1 aliphatic heterocycles. The molecule has 27 heavy (non-hydrogen) atoms. The molecule has 6 nitrogen and oxygen atoms in total. The SMILES string of the molecule is COc1ccc2c(n1)[C@@H](NC(=O)OCc1ccccc1)[C@H](C)[C@@H](C1CC1)N2. The molecule has 1 aromatic heterocycles. The van der Waals surface area contributed by atoms with Gasteiger partial charge in [0.25, 0.3) is 0 Å². The standard InChI is InChI=1S/C21H25N3O3/c1-13-18(15-8-9-15)22-16-10-11-17(26-2)23-20(16)19(13)24-21(25)27-12-14-6-4-3-5-7-14/h3-7,10-11,13,15,18-19,22H,8-9,12H2,1-2H3,(H,24,25)/t13-,18+,19+/m1/s1. The number of alkyl carbamates (subject to hydrolysis) is 1. The van der Waals surface area contributed by atoms with E-state index in [9.17, 15) is 4.79 Å². The molecule has 0 bridgehead atoms. The van der Waals surface area contributed by atoms with Crippen LogP contribution in [0.2, 0.25) is 0 Å². The molecule has 0 saturated heterocycles. The van der Waals surface area contributed by atoms with Crippen LogP contribution >= 0.6 is 0 Å². The van der Waals surface area contributed by atoms with Crippen LogP contribution in [0.1, 0.15) is 37.1 Å². The van der Waals surface area contributed by atoms with Gasteiger partial charge >= 0.3 is 6.09 Å². The molecule has 142 valence electrons. The van der Waals surface area contributed by atoms with Gasteiger partial charge in [0.15, 0.2) is 0 Å². The molecule has 4 rings (SSSR count). The summed E-state index contributed by atoms with van der Waals surface area (Å²) in [5, 5.41) is 6.65. The zero-order chi connectivity index (χ0) is 18.8. The minimum absolute atomic E-state index is 0.203. The van der Waals surface area contributed by atoms with Crippen molar-refractivity contribution < 1.29 is 14.3 Å². The summed E-state index contributed by atoms with van der Waals surface area (Å²) >= 11 is 0. The Morgan fingerprint density at radius 2 is 2.00 bits per heavy atom. The quantitative estimate of drug-likeness (QED) is 0.839. The number of carbonyl (C=O) groups is 1. The van der Waals surface area contributed by atoms with E-state index in [2.05, 4.69) is 22.5 Å². The molecule has 1 aromatic carbocycles. The number of benzene rings is 1. The molecule has 1 amide bonds. The molecule has 2 N–H and O–H groups in total. The minimum Gasteiger partial charge on any atom is -0.481 e. The fourth-order valence-corrected chi connectivity index (χ4v) is 3.79. The summed E-state index contributed by atoms with van der Waals surface area (Å²) in [5.74, 6) is 1.39. The zero-order valence-electron chi connectivity index (χ0n) is 15.6. The number of amides is 1. The second-order valence-corrected chi connectivity index (χ2v) is 7.34. The molecule has 1 aliphatic carbocycles. The van der Waals surface area contributed by atoms with Crippen molar-refractivity contribution in [3.63, 3.8) is 0 Å². The Labute approximate surface area is 159 Å². The van der Waals surface area contributed by atoms with Gasteiger partial charge in [-0.2, -0.15) is 0 Å². The number of pyridine rings is 1. The van der Waals surface area contributed by atoms with Gasteiger partial charge in [0.1, 0.15) is 6.61 Å². The van der Waals surface area contributed by atoms with Crippen LogP contribution in [0, 0.1) is 11.8 Å². The highest BCUT2D eigenvalue weighted by Gasteiger charge is 2.43. The third kappa shape index (κ3) is 3.84. The molecule has 2 aliphatic rings. The molecule has 0 unspecified atom stereocenters. The summed E-state index contributed by atoms with van der Waals surface area (Å²) in [6.07, 6.45) is 2.03. The topological polar surface area (TPSA) is 72.5 Å². The van der Waals surface area contributed by atoms with Crippen LogP contribution in [0.25, 0.3) is 0 Å². The van der Waals surface area contributed by atoms with Gasteiger partial charge in [-0.15, -0.1) is 0 Å². The maximum Gasteiger partial charge on any atom is 0.408 e. The minimum atomic E-state index is -0.428. The molecular formula is C21H25N3O3. The van der Waals surface area contributed by atoms with Gasteiger partial charge in [-0.3, -0.25) is 0 Å². The number of fused-ring (bicyclic) bond motifs is 1. The van der Waals surface area contributed by atoms with Gasteiger partial charge in [0.2, 0.25) is 5.88 Å². The second-order valence-electron chi connectivity index (χ2n) is 7.34. The Bertz CT molecular complexity index is 808. The summed E-state index contributed by atoms with van der Waals surface area (Å²) in [6.45, 7) is 2.40. The smallest absolute Gasteiger partial charge is 0.408 e. The lowest BCUT2D eigenvalue weighted by Crippen LogP contribution is -2.45. The van der Waals surface area contributed by atoms with Crippen molar-refractivity contribution >= 4 is 11.8 Å². The zero-order valence-corrected chi connectivity index (χ0v) is 15.6. The highest BCUT2D eigenvalue weighted by atomic mass is 16.5. The Morgan fingerprint density at radius 1 is 1.22 bits per heavy atom. The number of rotatable bonds is 5. The fourth-order valence-electron chi connectivity index (χ4n) is 3.79. The number of anilines is 1. The lowest BCUT2D eigenvalue weighted by molar-refractivity contribution is 0.129. The first-order chi connectivity index (χ1) is 13.2. The van der Waals surface area contributed by atoms with Crippen LogP contribution in [0.3, 0.4) is 0 Å². The number of hydrogen-bond donors (Lipinski definition) is 2. The Morgan fingerprint density at radius 3 is 2.70 bits per heavy atom. The number of nitrogens with zero attached hydrogens (tertiary/aromatic N) is 1. The van der Waals surface area contributed by atoms with Crippen LogP contribution in [0.5, 0.6) is 5.88 Å². The van der Waals surface area contributed by atoms with Crippen LogP contribution in [-0.4, -0.2) is 24.2 Å². The molecule has 3 atom stereocenters. The van der Waals surface area contributed by atoms with Crippen LogP contribution in [0.15, 0.2) is 42.5 Å². The molecule has 2 aromatic rings. The van der Waals surface area contributed by atoms with Crippen molar-refractivity contribution in [1.82, 2.24) is 10.3 Å².